The third-order valence-corrected chi connectivity index (χ3v) is 5.38. The quantitative estimate of drug-likeness (QED) is 0.594. The minimum Gasteiger partial charge on any atom is -0.274 e. The fraction of sp³-hybridized carbons (Fsp3) is 0.214. The summed E-state index contributed by atoms with van der Waals surface area (Å²) in [5, 5.41) is 12.1. The van der Waals surface area contributed by atoms with Gasteiger partial charge in [-0.2, -0.15) is 18.3 Å². The van der Waals surface area contributed by atoms with Crippen molar-refractivity contribution in [1.29, 1.82) is 0 Å². The lowest BCUT2D eigenvalue weighted by Crippen LogP contribution is -2.08. The van der Waals surface area contributed by atoms with E-state index in [1.54, 1.807) is 6.07 Å². The van der Waals surface area contributed by atoms with Gasteiger partial charge in [-0.3, -0.25) is 4.68 Å². The topological polar surface area (TPSA) is 43.6 Å². The first-order valence-corrected chi connectivity index (χ1v) is 8.83. The number of halogens is 4. The van der Waals surface area contributed by atoms with Crippen LogP contribution in [0.15, 0.2) is 34.8 Å². The normalized spacial score (nSPS) is 11.9. The average molecular weight is 391 g/mol. The van der Waals surface area contributed by atoms with E-state index in [-0.39, 0.29) is 10.6 Å². The van der Waals surface area contributed by atoms with Crippen LogP contribution in [0.5, 0.6) is 0 Å². The van der Waals surface area contributed by atoms with E-state index >= 15 is 0 Å². The Kier molecular flexibility index (Phi) is 4.84. The molecule has 0 aliphatic rings. The first-order chi connectivity index (χ1) is 11.3. The predicted octanol–water partition coefficient (Wildman–Crippen LogP) is 4.90. The van der Waals surface area contributed by atoms with Crippen LogP contribution in [-0.4, -0.2) is 20.0 Å². The Morgan fingerprint density at radius 1 is 1.29 bits per heavy atom. The van der Waals surface area contributed by atoms with Crippen LogP contribution >= 0.6 is 34.7 Å². The Morgan fingerprint density at radius 2 is 2.08 bits per heavy atom. The van der Waals surface area contributed by atoms with Gasteiger partial charge in [-0.15, -0.1) is 10.2 Å². The summed E-state index contributed by atoms with van der Waals surface area (Å²) in [4.78, 5) is 0. The molecule has 1 aromatic carbocycles. The molecule has 0 bridgehead atoms. The van der Waals surface area contributed by atoms with Crippen molar-refractivity contribution in [1.82, 2.24) is 20.0 Å². The second-order valence-corrected chi connectivity index (χ2v) is 7.49. The summed E-state index contributed by atoms with van der Waals surface area (Å²) in [6, 6.07) is 7.37. The molecule has 0 saturated carbocycles. The molecule has 0 spiro atoms. The minimum absolute atomic E-state index is 0.0582. The predicted molar refractivity (Wildman–Crippen MR) is 88.1 cm³/mol. The monoisotopic (exact) mass is 390 g/mol. The summed E-state index contributed by atoms with van der Waals surface area (Å²) in [7, 11) is 1.44. The molecule has 24 heavy (non-hydrogen) atoms. The van der Waals surface area contributed by atoms with E-state index in [1.807, 2.05) is 18.2 Å². The van der Waals surface area contributed by atoms with Crippen LogP contribution in [0.25, 0.3) is 10.6 Å². The number of hydrogen-bond acceptors (Lipinski definition) is 5. The summed E-state index contributed by atoms with van der Waals surface area (Å²) in [6.07, 6.45) is -3.23. The lowest BCUT2D eigenvalue weighted by molar-refractivity contribution is -0.140. The number of nitrogens with zero attached hydrogens (tertiary/aromatic N) is 4. The van der Waals surface area contributed by atoms with Crippen molar-refractivity contribution in [3.05, 3.63) is 46.7 Å². The molecule has 0 aliphatic carbocycles. The number of hydrogen-bond donors (Lipinski definition) is 0. The van der Waals surface area contributed by atoms with Crippen LogP contribution in [0, 0.1) is 0 Å². The van der Waals surface area contributed by atoms with E-state index in [2.05, 4.69) is 15.3 Å². The number of aromatic nitrogens is 4. The zero-order chi connectivity index (χ0) is 17.3. The van der Waals surface area contributed by atoms with Crippen molar-refractivity contribution in [2.75, 3.05) is 0 Å². The van der Waals surface area contributed by atoms with Crippen molar-refractivity contribution in [2.45, 2.75) is 16.3 Å². The van der Waals surface area contributed by atoms with Crippen LogP contribution in [0.3, 0.4) is 0 Å². The molecule has 0 aliphatic heterocycles. The van der Waals surface area contributed by atoms with E-state index in [4.69, 9.17) is 11.6 Å². The van der Waals surface area contributed by atoms with Crippen molar-refractivity contribution >= 4 is 34.7 Å². The molecule has 3 rings (SSSR count). The van der Waals surface area contributed by atoms with Gasteiger partial charge in [0, 0.05) is 24.0 Å². The number of aryl methyl sites for hydroxylation is 1. The third-order valence-electron chi connectivity index (χ3n) is 2.99. The Labute approximate surface area is 148 Å². The lowest BCUT2D eigenvalue weighted by Gasteiger charge is -2.03. The molecule has 0 N–H and O–H groups in total. The standard InChI is InChI=1S/C14H10ClF3N4S2/c1-22-6-10(11(21-22)14(16,17)18)12-19-20-13(24-12)23-7-8-3-2-4-9(15)5-8/h2-6H,7H2,1H3. The van der Waals surface area contributed by atoms with Gasteiger partial charge < -0.3 is 0 Å². The summed E-state index contributed by atoms with van der Waals surface area (Å²) in [6.45, 7) is 0. The second kappa shape index (κ2) is 6.73. The fourth-order valence-corrected chi connectivity index (χ4v) is 4.02. The van der Waals surface area contributed by atoms with E-state index in [1.165, 1.54) is 25.0 Å². The molecule has 3 aromatic rings. The second-order valence-electron chi connectivity index (χ2n) is 4.85. The van der Waals surface area contributed by atoms with Gasteiger partial charge >= 0.3 is 6.18 Å². The molecule has 10 heteroatoms. The fourth-order valence-electron chi connectivity index (χ4n) is 2.00. The molecule has 2 heterocycles. The highest BCUT2D eigenvalue weighted by molar-refractivity contribution is 8.00. The highest BCUT2D eigenvalue weighted by atomic mass is 35.5. The van der Waals surface area contributed by atoms with Gasteiger partial charge in [-0.1, -0.05) is 46.8 Å². The molecule has 126 valence electrons. The van der Waals surface area contributed by atoms with Crippen LogP contribution in [0.4, 0.5) is 13.2 Å². The van der Waals surface area contributed by atoms with Crippen LogP contribution in [-0.2, 0) is 19.0 Å². The van der Waals surface area contributed by atoms with E-state index < -0.39 is 11.9 Å². The van der Waals surface area contributed by atoms with Crippen molar-refractivity contribution < 1.29 is 13.2 Å². The molecule has 0 atom stereocenters. The number of alkyl halides is 3. The first kappa shape index (κ1) is 17.2. The van der Waals surface area contributed by atoms with Crippen molar-refractivity contribution in [3.8, 4) is 10.6 Å². The maximum absolute atomic E-state index is 13.0. The Bertz CT molecular complexity index is 860. The molecule has 0 saturated heterocycles. The molecular formula is C14H10ClF3N4S2. The van der Waals surface area contributed by atoms with Gasteiger partial charge in [0.05, 0.1) is 5.56 Å². The zero-order valence-electron chi connectivity index (χ0n) is 12.2. The highest BCUT2D eigenvalue weighted by Crippen LogP contribution is 2.38. The van der Waals surface area contributed by atoms with Crippen molar-refractivity contribution in [2.24, 2.45) is 7.05 Å². The van der Waals surface area contributed by atoms with Crippen LogP contribution < -0.4 is 0 Å². The molecule has 0 unspecified atom stereocenters. The highest BCUT2D eigenvalue weighted by Gasteiger charge is 2.38. The van der Waals surface area contributed by atoms with Gasteiger partial charge in [0.15, 0.2) is 15.0 Å². The van der Waals surface area contributed by atoms with Gasteiger partial charge in [0.2, 0.25) is 0 Å². The van der Waals surface area contributed by atoms with E-state index in [0.29, 0.717) is 15.1 Å². The number of rotatable bonds is 4. The molecule has 0 fully saturated rings. The minimum atomic E-state index is -4.53. The zero-order valence-corrected chi connectivity index (χ0v) is 14.6. The Morgan fingerprint density at radius 3 is 2.79 bits per heavy atom. The van der Waals surface area contributed by atoms with E-state index in [0.717, 1.165) is 21.6 Å². The van der Waals surface area contributed by atoms with Crippen molar-refractivity contribution in [3.63, 3.8) is 0 Å². The molecular weight excluding hydrogens is 381 g/mol. The molecule has 4 nitrogen and oxygen atoms in total. The van der Waals surface area contributed by atoms with Gasteiger partial charge in [0.25, 0.3) is 0 Å². The third kappa shape index (κ3) is 3.90. The SMILES string of the molecule is Cn1cc(-c2nnc(SCc3cccc(Cl)c3)s2)c(C(F)(F)F)n1. The van der Waals surface area contributed by atoms with Crippen LogP contribution in [0.2, 0.25) is 5.02 Å². The maximum Gasteiger partial charge on any atom is 0.435 e. The smallest absolute Gasteiger partial charge is 0.274 e. The van der Waals surface area contributed by atoms with Gasteiger partial charge in [-0.25, -0.2) is 0 Å². The van der Waals surface area contributed by atoms with Crippen LogP contribution in [0.1, 0.15) is 11.3 Å². The summed E-state index contributed by atoms with van der Waals surface area (Å²) in [5.74, 6) is 0.606. The lowest BCUT2D eigenvalue weighted by atomic mass is 10.2. The largest absolute Gasteiger partial charge is 0.435 e. The first-order valence-electron chi connectivity index (χ1n) is 6.65. The summed E-state index contributed by atoms with van der Waals surface area (Å²) in [5.41, 5.74) is -0.00810. The number of benzene rings is 1. The Balaban J connectivity index is 1.79. The summed E-state index contributed by atoms with van der Waals surface area (Å²) < 4.78 is 40.8. The summed E-state index contributed by atoms with van der Waals surface area (Å²) >= 11 is 8.43. The maximum atomic E-state index is 13.0. The van der Waals surface area contributed by atoms with E-state index in [9.17, 15) is 13.2 Å². The average Bonchev–Trinajstić information content (AvgIpc) is 3.11. The Hall–Kier alpha value is -1.58. The number of thioether (sulfide) groups is 1. The molecule has 2 aromatic heterocycles. The van der Waals surface area contributed by atoms with Gasteiger partial charge in [0.1, 0.15) is 0 Å². The van der Waals surface area contributed by atoms with Gasteiger partial charge in [-0.05, 0) is 17.7 Å². The molecule has 0 radical (unpaired) electrons. The molecule has 0 amide bonds.